The minimum Gasteiger partial charge on any atom is -0.497 e. The molecular weight excluding hydrogens is 410 g/mol. The van der Waals surface area contributed by atoms with Gasteiger partial charge >= 0.3 is 0 Å². The second-order valence-electron chi connectivity index (χ2n) is 7.32. The van der Waals surface area contributed by atoms with E-state index in [0.717, 1.165) is 21.6 Å². The number of carbonyl (C=O) groups is 1. The van der Waals surface area contributed by atoms with E-state index in [1.54, 1.807) is 32.2 Å². The number of hydrogen-bond acceptors (Lipinski definition) is 6. The van der Waals surface area contributed by atoms with Crippen molar-refractivity contribution in [2.75, 3.05) is 19.5 Å². The zero-order chi connectivity index (χ0) is 22.8. The molecule has 1 amide bonds. The number of methoxy groups -OCH3 is 2. The molecule has 0 aliphatic rings. The average Bonchev–Trinajstić information content (AvgIpc) is 3.24. The molecule has 9 heteroatoms. The molecule has 4 aromatic rings. The molecule has 0 saturated carbocycles. The van der Waals surface area contributed by atoms with Gasteiger partial charge in [0, 0.05) is 5.56 Å². The number of carbonyl (C=O) groups excluding carboxylic acids is 1. The Morgan fingerprint density at radius 1 is 1.00 bits per heavy atom. The Bertz CT molecular complexity index is 1360. The topological polar surface area (TPSA) is 99.8 Å². The summed E-state index contributed by atoms with van der Waals surface area (Å²) in [5, 5.41) is 11.6. The standard InChI is InChI=1S/C23H23N5O4/c1-14-5-10-21(32-4)19(11-14)24-22(29)13-27-23(30)20-12-18(26-28(20)15(2)25-27)16-6-8-17(31-3)9-7-16/h5-12H,13H2,1-4H3,(H,24,29). The van der Waals surface area contributed by atoms with Gasteiger partial charge in [0.05, 0.1) is 25.6 Å². The highest BCUT2D eigenvalue weighted by Gasteiger charge is 2.16. The van der Waals surface area contributed by atoms with Crippen molar-refractivity contribution in [3.63, 3.8) is 0 Å². The first-order chi connectivity index (χ1) is 15.4. The highest BCUT2D eigenvalue weighted by molar-refractivity contribution is 5.92. The van der Waals surface area contributed by atoms with Gasteiger partial charge < -0.3 is 14.8 Å². The number of hydrogen-bond donors (Lipinski definition) is 1. The molecule has 0 atom stereocenters. The molecular formula is C23H23N5O4. The van der Waals surface area contributed by atoms with Crippen LogP contribution in [-0.4, -0.2) is 39.5 Å². The van der Waals surface area contributed by atoms with Crippen LogP contribution in [0.15, 0.2) is 53.3 Å². The maximum atomic E-state index is 13.0. The summed E-state index contributed by atoms with van der Waals surface area (Å²) in [7, 11) is 3.13. The van der Waals surface area contributed by atoms with E-state index in [4.69, 9.17) is 9.47 Å². The number of fused-ring (bicyclic) bond motifs is 1. The van der Waals surface area contributed by atoms with Crippen LogP contribution in [0.2, 0.25) is 0 Å². The lowest BCUT2D eigenvalue weighted by Gasteiger charge is -2.12. The van der Waals surface area contributed by atoms with Crippen molar-refractivity contribution in [1.82, 2.24) is 19.4 Å². The van der Waals surface area contributed by atoms with Crippen LogP contribution in [0.1, 0.15) is 11.4 Å². The molecule has 2 aromatic carbocycles. The maximum absolute atomic E-state index is 13.0. The Balaban J connectivity index is 1.63. The SMILES string of the molecule is COc1ccc(-c2cc3c(=O)n(CC(=O)Nc4cc(C)ccc4OC)nc(C)n3n2)cc1. The molecule has 2 aromatic heterocycles. The maximum Gasteiger partial charge on any atom is 0.293 e. The fraction of sp³-hybridized carbons (Fsp3) is 0.217. The van der Waals surface area contributed by atoms with Gasteiger partial charge in [0.25, 0.3) is 5.56 Å². The summed E-state index contributed by atoms with van der Waals surface area (Å²) in [5.74, 6) is 1.37. The van der Waals surface area contributed by atoms with E-state index in [1.165, 1.54) is 11.6 Å². The lowest BCUT2D eigenvalue weighted by Crippen LogP contribution is -2.31. The zero-order valence-electron chi connectivity index (χ0n) is 18.2. The van der Waals surface area contributed by atoms with Crippen LogP contribution in [0.25, 0.3) is 16.8 Å². The Kier molecular flexibility index (Phi) is 5.63. The number of benzene rings is 2. The fourth-order valence-electron chi connectivity index (χ4n) is 3.43. The van der Waals surface area contributed by atoms with Crippen LogP contribution in [0.4, 0.5) is 5.69 Å². The third-order valence-corrected chi connectivity index (χ3v) is 5.04. The molecule has 0 aliphatic carbocycles. The highest BCUT2D eigenvalue weighted by atomic mass is 16.5. The van der Waals surface area contributed by atoms with Gasteiger partial charge in [-0.05, 0) is 61.9 Å². The normalized spacial score (nSPS) is 10.9. The summed E-state index contributed by atoms with van der Waals surface area (Å²) in [5.41, 5.74) is 2.90. The van der Waals surface area contributed by atoms with Crippen LogP contribution < -0.4 is 20.3 Å². The van der Waals surface area contributed by atoms with Crippen molar-refractivity contribution in [3.8, 4) is 22.8 Å². The van der Waals surface area contributed by atoms with Gasteiger partial charge in [-0.2, -0.15) is 10.2 Å². The summed E-state index contributed by atoms with van der Waals surface area (Å²) in [6, 6.07) is 14.5. The number of ether oxygens (including phenoxy) is 2. The van der Waals surface area contributed by atoms with Crippen LogP contribution in [0.3, 0.4) is 0 Å². The first kappa shape index (κ1) is 21.1. The van der Waals surface area contributed by atoms with E-state index in [2.05, 4.69) is 15.5 Å². The smallest absolute Gasteiger partial charge is 0.293 e. The first-order valence-electron chi connectivity index (χ1n) is 9.96. The average molecular weight is 433 g/mol. The number of nitrogens with one attached hydrogen (secondary N) is 1. The van der Waals surface area contributed by atoms with E-state index in [-0.39, 0.29) is 12.5 Å². The Morgan fingerprint density at radius 3 is 2.44 bits per heavy atom. The van der Waals surface area contributed by atoms with Crippen molar-refractivity contribution in [2.24, 2.45) is 0 Å². The summed E-state index contributed by atoms with van der Waals surface area (Å²) < 4.78 is 13.1. The summed E-state index contributed by atoms with van der Waals surface area (Å²) in [6.45, 7) is 3.41. The van der Waals surface area contributed by atoms with Gasteiger partial charge in [0.15, 0.2) is 0 Å². The molecule has 1 N–H and O–H groups in total. The van der Waals surface area contributed by atoms with Gasteiger partial charge in [-0.3, -0.25) is 9.59 Å². The molecule has 0 unspecified atom stereocenters. The van der Waals surface area contributed by atoms with Gasteiger partial charge in [0.1, 0.15) is 29.4 Å². The number of amides is 1. The van der Waals surface area contributed by atoms with Crippen molar-refractivity contribution >= 4 is 17.1 Å². The minimum absolute atomic E-state index is 0.240. The van der Waals surface area contributed by atoms with Crippen molar-refractivity contribution < 1.29 is 14.3 Å². The lowest BCUT2D eigenvalue weighted by molar-refractivity contribution is -0.117. The van der Waals surface area contributed by atoms with Crippen LogP contribution >= 0.6 is 0 Å². The lowest BCUT2D eigenvalue weighted by atomic mass is 10.1. The second kappa shape index (κ2) is 8.54. The Morgan fingerprint density at radius 2 is 1.75 bits per heavy atom. The van der Waals surface area contributed by atoms with Crippen LogP contribution in [0, 0.1) is 13.8 Å². The van der Waals surface area contributed by atoms with E-state index in [1.807, 2.05) is 37.3 Å². The minimum atomic E-state index is -0.408. The number of anilines is 1. The predicted octanol–water partition coefficient (Wildman–Crippen LogP) is 2.83. The number of aromatic nitrogens is 4. The molecule has 4 rings (SSSR count). The largest absolute Gasteiger partial charge is 0.497 e. The Hall–Kier alpha value is -4.14. The fourth-order valence-corrected chi connectivity index (χ4v) is 3.43. The molecule has 0 aliphatic heterocycles. The Labute approximate surface area is 184 Å². The van der Waals surface area contributed by atoms with E-state index in [9.17, 15) is 9.59 Å². The zero-order valence-corrected chi connectivity index (χ0v) is 18.2. The van der Waals surface area contributed by atoms with Gasteiger partial charge in [-0.1, -0.05) is 6.07 Å². The van der Waals surface area contributed by atoms with E-state index in [0.29, 0.717) is 28.5 Å². The third kappa shape index (κ3) is 4.04. The van der Waals surface area contributed by atoms with Gasteiger partial charge in [0.2, 0.25) is 5.91 Å². The van der Waals surface area contributed by atoms with E-state index < -0.39 is 5.56 Å². The van der Waals surface area contributed by atoms with Crippen molar-refractivity contribution in [1.29, 1.82) is 0 Å². The van der Waals surface area contributed by atoms with Crippen LogP contribution in [-0.2, 0) is 11.3 Å². The third-order valence-electron chi connectivity index (χ3n) is 5.04. The first-order valence-corrected chi connectivity index (χ1v) is 9.96. The summed E-state index contributed by atoms with van der Waals surface area (Å²) in [6.07, 6.45) is 0. The molecule has 9 nitrogen and oxygen atoms in total. The molecule has 2 heterocycles. The van der Waals surface area contributed by atoms with Gasteiger partial charge in [-0.15, -0.1) is 0 Å². The molecule has 0 radical (unpaired) electrons. The molecule has 0 fully saturated rings. The van der Waals surface area contributed by atoms with Gasteiger partial charge in [-0.25, -0.2) is 9.20 Å². The van der Waals surface area contributed by atoms with Crippen molar-refractivity contribution in [3.05, 3.63) is 70.3 Å². The van der Waals surface area contributed by atoms with Crippen LogP contribution in [0.5, 0.6) is 11.5 Å². The predicted molar refractivity (Wildman–Crippen MR) is 120 cm³/mol. The summed E-state index contributed by atoms with van der Waals surface area (Å²) >= 11 is 0. The number of nitrogens with zero attached hydrogens (tertiary/aromatic N) is 4. The monoisotopic (exact) mass is 433 g/mol. The number of aryl methyl sites for hydroxylation is 2. The molecule has 32 heavy (non-hydrogen) atoms. The second-order valence-corrected chi connectivity index (χ2v) is 7.32. The quantitative estimate of drug-likeness (QED) is 0.502. The van der Waals surface area contributed by atoms with Crippen molar-refractivity contribution in [2.45, 2.75) is 20.4 Å². The summed E-state index contributed by atoms with van der Waals surface area (Å²) in [4.78, 5) is 25.7. The highest BCUT2D eigenvalue weighted by Crippen LogP contribution is 2.25. The molecule has 164 valence electrons. The molecule has 0 saturated heterocycles. The number of rotatable bonds is 6. The molecule has 0 bridgehead atoms. The molecule has 0 spiro atoms. The van der Waals surface area contributed by atoms with E-state index >= 15 is 0 Å².